The summed E-state index contributed by atoms with van der Waals surface area (Å²) in [6.07, 6.45) is 0.167. The van der Waals surface area contributed by atoms with Crippen LogP contribution in [0.1, 0.15) is 17.3 Å². The standard InChI is InChI=1S/C13H19NO4/c1-10(17-2)9-14-6-7-18-12-5-3-4-11(8-12)13(15)16/h3-5,8,10,14H,6-7,9H2,1-2H3,(H,15,16). The molecule has 18 heavy (non-hydrogen) atoms. The Kier molecular flexibility index (Phi) is 6.18. The Labute approximate surface area is 107 Å². The number of ether oxygens (including phenoxy) is 2. The van der Waals surface area contributed by atoms with Gasteiger partial charge in [-0.3, -0.25) is 0 Å². The van der Waals surface area contributed by atoms with Crippen LogP contribution in [0.4, 0.5) is 0 Å². The molecule has 0 bridgehead atoms. The van der Waals surface area contributed by atoms with Gasteiger partial charge in [-0.15, -0.1) is 0 Å². The van der Waals surface area contributed by atoms with Crippen molar-refractivity contribution in [1.82, 2.24) is 5.32 Å². The zero-order valence-corrected chi connectivity index (χ0v) is 10.7. The van der Waals surface area contributed by atoms with Crippen molar-refractivity contribution < 1.29 is 19.4 Å². The molecular weight excluding hydrogens is 234 g/mol. The van der Waals surface area contributed by atoms with Gasteiger partial charge in [0, 0.05) is 20.2 Å². The van der Waals surface area contributed by atoms with E-state index in [9.17, 15) is 4.79 Å². The lowest BCUT2D eigenvalue weighted by Crippen LogP contribution is -2.29. The molecule has 0 radical (unpaired) electrons. The Balaban J connectivity index is 2.27. The monoisotopic (exact) mass is 253 g/mol. The molecule has 0 amide bonds. The molecule has 0 aliphatic rings. The van der Waals surface area contributed by atoms with Gasteiger partial charge in [0.2, 0.25) is 0 Å². The van der Waals surface area contributed by atoms with E-state index in [1.165, 1.54) is 12.1 Å². The number of hydrogen-bond acceptors (Lipinski definition) is 4. The van der Waals surface area contributed by atoms with Crippen LogP contribution in [-0.2, 0) is 4.74 Å². The summed E-state index contributed by atoms with van der Waals surface area (Å²) in [6, 6.07) is 6.46. The highest BCUT2D eigenvalue weighted by Crippen LogP contribution is 2.12. The van der Waals surface area contributed by atoms with Crippen molar-refractivity contribution in [3.8, 4) is 5.75 Å². The molecule has 5 heteroatoms. The molecule has 0 heterocycles. The molecule has 0 spiro atoms. The molecule has 0 aliphatic carbocycles. The van der Waals surface area contributed by atoms with Crippen LogP contribution in [0, 0.1) is 0 Å². The smallest absolute Gasteiger partial charge is 0.335 e. The minimum Gasteiger partial charge on any atom is -0.492 e. The average Bonchev–Trinajstić information content (AvgIpc) is 2.38. The van der Waals surface area contributed by atoms with E-state index in [0.717, 1.165) is 6.54 Å². The quantitative estimate of drug-likeness (QED) is 0.685. The molecule has 1 aromatic rings. The van der Waals surface area contributed by atoms with Crippen molar-refractivity contribution in [2.24, 2.45) is 0 Å². The Morgan fingerprint density at radius 3 is 2.94 bits per heavy atom. The zero-order chi connectivity index (χ0) is 13.4. The molecule has 0 aliphatic heterocycles. The summed E-state index contributed by atoms with van der Waals surface area (Å²) in [5, 5.41) is 12.0. The number of carboxylic acids is 1. The molecule has 1 atom stereocenters. The second-order valence-corrected chi connectivity index (χ2v) is 3.93. The first kappa shape index (κ1) is 14.5. The van der Waals surface area contributed by atoms with Gasteiger partial charge in [-0.05, 0) is 25.1 Å². The summed E-state index contributed by atoms with van der Waals surface area (Å²) in [4.78, 5) is 10.8. The summed E-state index contributed by atoms with van der Waals surface area (Å²) in [6.45, 7) is 3.91. The van der Waals surface area contributed by atoms with Crippen LogP contribution >= 0.6 is 0 Å². The number of rotatable bonds is 8. The zero-order valence-electron chi connectivity index (χ0n) is 10.7. The largest absolute Gasteiger partial charge is 0.492 e. The third-order valence-electron chi connectivity index (χ3n) is 2.46. The highest BCUT2D eigenvalue weighted by molar-refractivity contribution is 5.87. The van der Waals surface area contributed by atoms with Gasteiger partial charge in [-0.25, -0.2) is 4.79 Å². The van der Waals surface area contributed by atoms with E-state index >= 15 is 0 Å². The number of hydrogen-bond donors (Lipinski definition) is 2. The topological polar surface area (TPSA) is 67.8 Å². The van der Waals surface area contributed by atoms with Gasteiger partial charge in [0.15, 0.2) is 0 Å². The fourth-order valence-electron chi connectivity index (χ4n) is 1.35. The van der Waals surface area contributed by atoms with Crippen LogP contribution in [0.25, 0.3) is 0 Å². The van der Waals surface area contributed by atoms with Crippen LogP contribution in [0.5, 0.6) is 5.75 Å². The Morgan fingerprint density at radius 2 is 2.28 bits per heavy atom. The maximum absolute atomic E-state index is 10.8. The SMILES string of the molecule is COC(C)CNCCOc1cccc(C(=O)O)c1. The molecule has 0 saturated heterocycles. The highest BCUT2D eigenvalue weighted by atomic mass is 16.5. The second-order valence-electron chi connectivity index (χ2n) is 3.93. The molecule has 0 saturated carbocycles. The van der Waals surface area contributed by atoms with Gasteiger partial charge >= 0.3 is 5.97 Å². The maximum Gasteiger partial charge on any atom is 0.335 e. The fraction of sp³-hybridized carbons (Fsp3) is 0.462. The second kappa shape index (κ2) is 7.68. The van der Waals surface area contributed by atoms with Crippen LogP contribution < -0.4 is 10.1 Å². The Bertz CT molecular complexity index is 381. The molecular formula is C13H19NO4. The maximum atomic E-state index is 10.8. The first-order valence-electron chi connectivity index (χ1n) is 5.83. The van der Waals surface area contributed by atoms with Gasteiger partial charge in [-0.2, -0.15) is 0 Å². The highest BCUT2D eigenvalue weighted by Gasteiger charge is 2.03. The number of carbonyl (C=O) groups is 1. The van der Waals surface area contributed by atoms with Crippen molar-refractivity contribution in [1.29, 1.82) is 0 Å². The van der Waals surface area contributed by atoms with E-state index in [1.54, 1.807) is 19.2 Å². The number of nitrogens with one attached hydrogen (secondary N) is 1. The summed E-state index contributed by atoms with van der Waals surface area (Å²) >= 11 is 0. The first-order valence-corrected chi connectivity index (χ1v) is 5.83. The van der Waals surface area contributed by atoms with Crippen LogP contribution in [0.2, 0.25) is 0 Å². The molecule has 2 N–H and O–H groups in total. The van der Waals surface area contributed by atoms with Crippen molar-refractivity contribution in [3.05, 3.63) is 29.8 Å². The molecule has 1 unspecified atom stereocenters. The lowest BCUT2D eigenvalue weighted by Gasteiger charge is -2.11. The molecule has 1 rings (SSSR count). The van der Waals surface area contributed by atoms with Crippen molar-refractivity contribution in [3.63, 3.8) is 0 Å². The van der Waals surface area contributed by atoms with E-state index in [2.05, 4.69) is 5.32 Å². The van der Waals surface area contributed by atoms with E-state index < -0.39 is 5.97 Å². The predicted molar refractivity (Wildman–Crippen MR) is 68.2 cm³/mol. The summed E-state index contributed by atoms with van der Waals surface area (Å²) in [5.41, 5.74) is 0.230. The normalized spacial score (nSPS) is 12.1. The van der Waals surface area contributed by atoms with Crippen LogP contribution in [0.3, 0.4) is 0 Å². The lowest BCUT2D eigenvalue weighted by atomic mass is 10.2. The Morgan fingerprint density at radius 1 is 1.50 bits per heavy atom. The van der Waals surface area contributed by atoms with Gasteiger partial charge in [-0.1, -0.05) is 6.07 Å². The third kappa shape index (κ3) is 5.16. The van der Waals surface area contributed by atoms with E-state index in [1.807, 2.05) is 6.92 Å². The first-order chi connectivity index (χ1) is 8.63. The number of methoxy groups -OCH3 is 1. The van der Waals surface area contributed by atoms with Crippen molar-refractivity contribution in [2.75, 3.05) is 26.8 Å². The predicted octanol–water partition coefficient (Wildman–Crippen LogP) is 1.39. The summed E-state index contributed by atoms with van der Waals surface area (Å²) < 4.78 is 10.5. The molecule has 0 aromatic heterocycles. The third-order valence-corrected chi connectivity index (χ3v) is 2.46. The summed E-state index contributed by atoms with van der Waals surface area (Å²) in [5.74, 6) is -0.385. The van der Waals surface area contributed by atoms with Crippen molar-refractivity contribution >= 4 is 5.97 Å². The van der Waals surface area contributed by atoms with E-state index in [0.29, 0.717) is 18.9 Å². The van der Waals surface area contributed by atoms with Gasteiger partial charge < -0.3 is 19.9 Å². The fourth-order valence-corrected chi connectivity index (χ4v) is 1.35. The number of benzene rings is 1. The van der Waals surface area contributed by atoms with E-state index in [4.69, 9.17) is 14.6 Å². The minimum absolute atomic E-state index is 0.167. The van der Waals surface area contributed by atoms with Crippen molar-refractivity contribution in [2.45, 2.75) is 13.0 Å². The molecule has 5 nitrogen and oxygen atoms in total. The molecule has 1 aromatic carbocycles. The van der Waals surface area contributed by atoms with Crippen LogP contribution in [0.15, 0.2) is 24.3 Å². The average molecular weight is 253 g/mol. The van der Waals surface area contributed by atoms with Gasteiger partial charge in [0.25, 0.3) is 0 Å². The minimum atomic E-state index is -0.951. The lowest BCUT2D eigenvalue weighted by molar-refractivity contribution is 0.0696. The van der Waals surface area contributed by atoms with Gasteiger partial charge in [0.1, 0.15) is 12.4 Å². The van der Waals surface area contributed by atoms with Gasteiger partial charge in [0.05, 0.1) is 11.7 Å². The molecule has 100 valence electrons. The molecule has 0 fully saturated rings. The summed E-state index contributed by atoms with van der Waals surface area (Å²) in [7, 11) is 1.67. The number of carboxylic acid groups (broad SMARTS) is 1. The van der Waals surface area contributed by atoms with Crippen LogP contribution in [-0.4, -0.2) is 44.0 Å². The Hall–Kier alpha value is -1.59. The number of aromatic carboxylic acids is 1. The van der Waals surface area contributed by atoms with E-state index in [-0.39, 0.29) is 11.7 Å².